The van der Waals surface area contributed by atoms with Gasteiger partial charge >= 0.3 is 0 Å². The van der Waals surface area contributed by atoms with Gasteiger partial charge in [-0.05, 0) is 24.3 Å². The summed E-state index contributed by atoms with van der Waals surface area (Å²) in [5.41, 5.74) is 2.06. The summed E-state index contributed by atoms with van der Waals surface area (Å²) in [5, 5.41) is 32.3. The summed E-state index contributed by atoms with van der Waals surface area (Å²) in [4.78, 5) is 4.35. The predicted molar refractivity (Wildman–Crippen MR) is 72.3 cm³/mol. The third-order valence-corrected chi connectivity index (χ3v) is 2.86. The lowest BCUT2D eigenvalue weighted by Crippen LogP contribution is -1.87. The minimum absolute atomic E-state index is 0.304. The van der Waals surface area contributed by atoms with E-state index in [4.69, 9.17) is 10.5 Å². The van der Waals surface area contributed by atoms with E-state index >= 15 is 0 Å². The van der Waals surface area contributed by atoms with Crippen molar-refractivity contribution in [2.75, 3.05) is 0 Å². The summed E-state index contributed by atoms with van der Waals surface area (Å²) in [6, 6.07) is 10.6. The van der Waals surface area contributed by atoms with Crippen LogP contribution >= 0.6 is 0 Å². The number of hydrogen-bond acceptors (Lipinski definition) is 6. The van der Waals surface area contributed by atoms with Crippen LogP contribution in [0.15, 0.2) is 36.7 Å². The lowest BCUT2D eigenvalue weighted by molar-refractivity contribution is 1.02. The highest BCUT2D eigenvalue weighted by Crippen LogP contribution is 2.21. The van der Waals surface area contributed by atoms with Crippen LogP contribution in [0.2, 0.25) is 0 Å². The third kappa shape index (κ3) is 2.31. The van der Waals surface area contributed by atoms with Crippen molar-refractivity contribution >= 4 is 0 Å². The quantitative estimate of drug-likeness (QED) is 0.759. The average Bonchev–Trinajstić information content (AvgIpc) is 3.05. The highest BCUT2D eigenvalue weighted by molar-refractivity contribution is 5.64. The number of benzene rings is 1. The molecule has 0 aliphatic heterocycles. The molecule has 0 saturated heterocycles. The second kappa shape index (κ2) is 5.19. The number of nitriles is 2. The van der Waals surface area contributed by atoms with E-state index in [1.54, 1.807) is 36.7 Å². The fraction of sp³-hybridized carbons (Fsp3) is 0. The lowest BCUT2D eigenvalue weighted by Gasteiger charge is -1.98. The Morgan fingerprint density at radius 1 is 0.952 bits per heavy atom. The molecule has 3 aromatic rings. The summed E-state index contributed by atoms with van der Waals surface area (Å²) >= 11 is 0. The second-order valence-electron chi connectivity index (χ2n) is 4.12. The lowest BCUT2D eigenvalue weighted by atomic mass is 10.1. The Morgan fingerprint density at radius 3 is 2.52 bits per heavy atom. The first-order valence-electron chi connectivity index (χ1n) is 5.96. The van der Waals surface area contributed by atoms with Gasteiger partial charge in [0, 0.05) is 11.1 Å². The molecule has 0 unspecified atom stereocenters. The molecule has 0 aliphatic rings. The fourth-order valence-electron chi connectivity index (χ4n) is 1.82. The molecule has 0 aliphatic carbocycles. The number of H-pyrrole nitrogens is 1. The van der Waals surface area contributed by atoms with Gasteiger partial charge in [-0.15, -0.1) is 0 Å². The molecule has 1 N–H and O–H groups in total. The predicted octanol–water partition coefficient (Wildman–Crippen LogP) is 1.67. The molecule has 0 bridgehead atoms. The van der Waals surface area contributed by atoms with Crippen LogP contribution in [-0.4, -0.2) is 25.4 Å². The van der Waals surface area contributed by atoms with Crippen molar-refractivity contribution in [1.29, 1.82) is 10.5 Å². The molecular weight excluding hydrogens is 266 g/mol. The number of aromatic amines is 1. The Balaban J connectivity index is 2.02. The van der Waals surface area contributed by atoms with E-state index in [9.17, 15) is 0 Å². The van der Waals surface area contributed by atoms with E-state index < -0.39 is 0 Å². The Morgan fingerprint density at radius 2 is 1.81 bits per heavy atom. The van der Waals surface area contributed by atoms with Gasteiger partial charge in [-0.25, -0.2) is 4.98 Å². The van der Waals surface area contributed by atoms with Gasteiger partial charge in [-0.3, -0.25) is 5.10 Å². The maximum atomic E-state index is 9.04. The van der Waals surface area contributed by atoms with Gasteiger partial charge in [0.1, 0.15) is 12.1 Å². The van der Waals surface area contributed by atoms with Crippen LogP contribution in [0.4, 0.5) is 0 Å². The van der Waals surface area contributed by atoms with Gasteiger partial charge in [-0.2, -0.15) is 25.8 Å². The molecule has 21 heavy (non-hydrogen) atoms. The molecule has 0 radical (unpaired) electrons. The Hall–Kier alpha value is -3.58. The largest absolute Gasteiger partial charge is 0.259 e. The SMILES string of the molecule is N#Cc1ccc(-c2nc(-c3ccnnc3)n[nH]2)cc1C#N. The smallest absolute Gasteiger partial charge is 0.183 e. The zero-order valence-electron chi connectivity index (χ0n) is 10.6. The van der Waals surface area contributed by atoms with E-state index in [0.717, 1.165) is 5.56 Å². The standard InChI is InChI=1S/C14H7N7/c15-6-10-2-1-9(5-12(10)7-16)13-19-14(21-20-13)11-3-4-17-18-8-11/h1-5,8H,(H,19,20,21). The molecule has 0 fully saturated rings. The van der Waals surface area contributed by atoms with Gasteiger partial charge in [0.2, 0.25) is 0 Å². The van der Waals surface area contributed by atoms with Crippen LogP contribution in [0.25, 0.3) is 22.8 Å². The molecule has 2 aromatic heterocycles. The summed E-state index contributed by atoms with van der Waals surface area (Å²) in [6.07, 6.45) is 3.12. The topological polar surface area (TPSA) is 115 Å². The number of nitrogens with one attached hydrogen (secondary N) is 1. The van der Waals surface area contributed by atoms with Crippen molar-refractivity contribution in [2.45, 2.75) is 0 Å². The van der Waals surface area contributed by atoms with Crippen LogP contribution in [0.3, 0.4) is 0 Å². The monoisotopic (exact) mass is 273 g/mol. The highest BCUT2D eigenvalue weighted by atomic mass is 15.2. The Labute approximate surface area is 119 Å². The zero-order chi connectivity index (χ0) is 14.7. The third-order valence-electron chi connectivity index (χ3n) is 2.86. The van der Waals surface area contributed by atoms with Crippen molar-refractivity contribution in [1.82, 2.24) is 25.4 Å². The minimum Gasteiger partial charge on any atom is -0.259 e. The number of aromatic nitrogens is 5. The Bertz CT molecular complexity index is 868. The Kier molecular flexibility index (Phi) is 3.08. The first kappa shape index (κ1) is 12.5. The fourth-order valence-corrected chi connectivity index (χ4v) is 1.82. The van der Waals surface area contributed by atoms with Gasteiger partial charge < -0.3 is 0 Å². The molecule has 0 spiro atoms. The van der Waals surface area contributed by atoms with Crippen LogP contribution in [-0.2, 0) is 0 Å². The van der Waals surface area contributed by atoms with Crippen LogP contribution in [0.1, 0.15) is 11.1 Å². The summed E-state index contributed by atoms with van der Waals surface area (Å²) in [7, 11) is 0. The molecule has 7 nitrogen and oxygen atoms in total. The maximum absolute atomic E-state index is 9.04. The van der Waals surface area contributed by atoms with Gasteiger partial charge in [0.25, 0.3) is 0 Å². The van der Waals surface area contributed by atoms with E-state index in [-0.39, 0.29) is 0 Å². The van der Waals surface area contributed by atoms with Gasteiger partial charge in [0.15, 0.2) is 11.6 Å². The number of rotatable bonds is 2. The molecule has 1 aromatic carbocycles. The van der Waals surface area contributed by atoms with Crippen molar-refractivity contribution in [3.63, 3.8) is 0 Å². The molecule has 0 atom stereocenters. The molecule has 98 valence electrons. The van der Waals surface area contributed by atoms with Crippen molar-refractivity contribution in [3.8, 4) is 34.9 Å². The van der Waals surface area contributed by atoms with Gasteiger partial charge in [-0.1, -0.05) is 0 Å². The molecule has 0 saturated carbocycles. The highest BCUT2D eigenvalue weighted by Gasteiger charge is 2.10. The van der Waals surface area contributed by atoms with E-state index in [1.807, 2.05) is 12.1 Å². The molecular formula is C14H7N7. The number of nitrogens with zero attached hydrogens (tertiary/aromatic N) is 6. The first-order valence-corrected chi connectivity index (χ1v) is 5.96. The molecule has 0 amide bonds. The normalized spacial score (nSPS) is 9.81. The summed E-state index contributed by atoms with van der Waals surface area (Å²) in [6.45, 7) is 0. The summed E-state index contributed by atoms with van der Waals surface area (Å²) in [5.74, 6) is 1.01. The van der Waals surface area contributed by atoms with Crippen LogP contribution in [0, 0.1) is 22.7 Å². The maximum Gasteiger partial charge on any atom is 0.183 e. The van der Waals surface area contributed by atoms with E-state index in [0.29, 0.717) is 28.3 Å². The van der Waals surface area contributed by atoms with E-state index in [1.165, 1.54) is 0 Å². The van der Waals surface area contributed by atoms with Crippen molar-refractivity contribution in [3.05, 3.63) is 47.8 Å². The van der Waals surface area contributed by atoms with Gasteiger partial charge in [0.05, 0.1) is 23.5 Å². The van der Waals surface area contributed by atoms with Crippen LogP contribution in [0.5, 0.6) is 0 Å². The molecule has 3 rings (SSSR count). The van der Waals surface area contributed by atoms with Crippen molar-refractivity contribution < 1.29 is 0 Å². The summed E-state index contributed by atoms with van der Waals surface area (Å²) < 4.78 is 0. The minimum atomic E-state index is 0.304. The first-order chi connectivity index (χ1) is 10.3. The van der Waals surface area contributed by atoms with Crippen molar-refractivity contribution in [2.24, 2.45) is 0 Å². The number of hydrogen-bond donors (Lipinski definition) is 1. The zero-order valence-corrected chi connectivity index (χ0v) is 10.6. The van der Waals surface area contributed by atoms with E-state index in [2.05, 4.69) is 25.4 Å². The molecule has 7 heteroatoms. The van der Waals surface area contributed by atoms with Crippen LogP contribution < -0.4 is 0 Å². The molecule has 2 heterocycles. The second-order valence-corrected chi connectivity index (χ2v) is 4.12. The average molecular weight is 273 g/mol.